The number of anilines is 1. The number of aromatic nitrogens is 4. The summed E-state index contributed by atoms with van der Waals surface area (Å²) in [6.07, 6.45) is 5.31. The summed E-state index contributed by atoms with van der Waals surface area (Å²) in [6, 6.07) is 13.0. The lowest BCUT2D eigenvalue weighted by molar-refractivity contribution is -0.116. The Balaban J connectivity index is 1.59. The molecule has 3 aromatic heterocycles. The van der Waals surface area contributed by atoms with Crippen LogP contribution in [0.1, 0.15) is 31.0 Å². The third kappa shape index (κ3) is 3.87. The summed E-state index contributed by atoms with van der Waals surface area (Å²) in [5.41, 5.74) is 4.63. The van der Waals surface area contributed by atoms with Crippen molar-refractivity contribution in [3.8, 4) is 11.3 Å². The summed E-state index contributed by atoms with van der Waals surface area (Å²) < 4.78 is 3.27. The first-order valence-corrected chi connectivity index (χ1v) is 9.82. The molecule has 0 bridgehead atoms. The molecule has 3 heterocycles. The number of benzene rings is 1. The van der Waals surface area contributed by atoms with Gasteiger partial charge in [0.1, 0.15) is 12.2 Å². The second kappa shape index (κ2) is 7.94. The highest BCUT2D eigenvalue weighted by molar-refractivity contribution is 5.95. The Kier molecular flexibility index (Phi) is 5.18. The molecule has 0 unspecified atom stereocenters. The van der Waals surface area contributed by atoms with Crippen LogP contribution in [0.2, 0.25) is 0 Å². The molecular formula is C23H23N5O2. The minimum Gasteiger partial charge on any atom is -0.324 e. The zero-order chi connectivity index (χ0) is 21.3. The number of rotatable bonds is 5. The SMILES string of the molecule is Cc1cccn2cc(-c3ccccc3NC(=O)Cn3cnc(C(C)C)cc3=O)nc12. The van der Waals surface area contributed by atoms with Crippen LogP contribution < -0.4 is 10.9 Å². The van der Waals surface area contributed by atoms with E-state index >= 15 is 0 Å². The monoisotopic (exact) mass is 401 g/mol. The van der Waals surface area contributed by atoms with Gasteiger partial charge in [0.25, 0.3) is 5.56 Å². The van der Waals surface area contributed by atoms with Gasteiger partial charge in [-0.05, 0) is 30.5 Å². The van der Waals surface area contributed by atoms with Gasteiger partial charge in [0.15, 0.2) is 0 Å². The number of nitrogens with one attached hydrogen (secondary N) is 1. The summed E-state index contributed by atoms with van der Waals surface area (Å²) in [5.74, 6) is -0.147. The van der Waals surface area contributed by atoms with Crippen molar-refractivity contribution in [3.63, 3.8) is 0 Å². The average Bonchev–Trinajstić information content (AvgIpc) is 3.15. The summed E-state index contributed by atoms with van der Waals surface area (Å²) >= 11 is 0. The first-order chi connectivity index (χ1) is 14.4. The zero-order valence-corrected chi connectivity index (χ0v) is 17.2. The van der Waals surface area contributed by atoms with E-state index in [0.29, 0.717) is 11.4 Å². The molecule has 4 aromatic rings. The highest BCUT2D eigenvalue weighted by Gasteiger charge is 2.13. The maximum Gasteiger partial charge on any atom is 0.254 e. The number of amides is 1. The third-order valence-electron chi connectivity index (χ3n) is 4.96. The van der Waals surface area contributed by atoms with Crippen molar-refractivity contribution in [1.82, 2.24) is 18.9 Å². The van der Waals surface area contributed by atoms with Crippen LogP contribution in [0.25, 0.3) is 16.9 Å². The summed E-state index contributed by atoms with van der Waals surface area (Å²) in [6.45, 7) is 5.84. The van der Waals surface area contributed by atoms with Gasteiger partial charge in [-0.3, -0.25) is 14.2 Å². The van der Waals surface area contributed by atoms with Crippen LogP contribution in [-0.2, 0) is 11.3 Å². The van der Waals surface area contributed by atoms with Gasteiger partial charge in [-0.1, -0.05) is 38.1 Å². The second-order valence-corrected chi connectivity index (χ2v) is 7.58. The molecule has 0 aliphatic rings. The van der Waals surface area contributed by atoms with Crippen LogP contribution >= 0.6 is 0 Å². The second-order valence-electron chi connectivity index (χ2n) is 7.58. The Hall–Kier alpha value is -3.74. The molecule has 1 N–H and O–H groups in total. The molecule has 0 radical (unpaired) electrons. The van der Waals surface area contributed by atoms with Gasteiger partial charge >= 0.3 is 0 Å². The highest BCUT2D eigenvalue weighted by Crippen LogP contribution is 2.28. The molecule has 1 amide bonds. The van der Waals surface area contributed by atoms with Gasteiger partial charge in [-0.2, -0.15) is 0 Å². The molecule has 0 atom stereocenters. The van der Waals surface area contributed by atoms with Gasteiger partial charge in [0, 0.05) is 24.0 Å². The molecule has 0 spiro atoms. The maximum absolute atomic E-state index is 12.6. The number of carbonyl (C=O) groups is 1. The van der Waals surface area contributed by atoms with E-state index in [0.717, 1.165) is 22.5 Å². The fourth-order valence-electron chi connectivity index (χ4n) is 3.32. The van der Waals surface area contributed by atoms with Gasteiger partial charge in [0.2, 0.25) is 5.91 Å². The lowest BCUT2D eigenvalue weighted by atomic mass is 10.1. The molecular weight excluding hydrogens is 378 g/mol. The number of fused-ring (bicyclic) bond motifs is 1. The quantitative estimate of drug-likeness (QED) is 0.554. The van der Waals surface area contributed by atoms with E-state index in [1.54, 1.807) is 0 Å². The van der Waals surface area contributed by atoms with E-state index in [9.17, 15) is 9.59 Å². The molecule has 0 aliphatic heterocycles. The van der Waals surface area contributed by atoms with Crippen LogP contribution in [0, 0.1) is 6.92 Å². The molecule has 30 heavy (non-hydrogen) atoms. The average molecular weight is 401 g/mol. The minimum atomic E-state index is -0.302. The highest BCUT2D eigenvalue weighted by atomic mass is 16.2. The Labute approximate surface area is 174 Å². The molecule has 0 fully saturated rings. The number of nitrogens with zero attached hydrogens (tertiary/aromatic N) is 4. The van der Waals surface area contributed by atoms with Crippen LogP contribution in [-0.4, -0.2) is 24.8 Å². The molecule has 7 nitrogen and oxygen atoms in total. The van der Waals surface area contributed by atoms with Crippen molar-refractivity contribution in [2.24, 2.45) is 0 Å². The van der Waals surface area contributed by atoms with Crippen molar-refractivity contribution in [2.45, 2.75) is 33.2 Å². The van der Waals surface area contributed by atoms with Crippen LogP contribution in [0.15, 0.2) is 66.0 Å². The maximum atomic E-state index is 12.6. The van der Waals surface area contributed by atoms with Crippen molar-refractivity contribution in [3.05, 3.63) is 82.8 Å². The normalized spacial score (nSPS) is 11.2. The number of para-hydroxylation sites is 1. The largest absolute Gasteiger partial charge is 0.324 e. The van der Waals surface area contributed by atoms with E-state index in [-0.39, 0.29) is 23.9 Å². The smallest absolute Gasteiger partial charge is 0.254 e. The molecule has 4 rings (SSSR count). The number of hydrogen-bond donors (Lipinski definition) is 1. The molecule has 0 saturated heterocycles. The van der Waals surface area contributed by atoms with E-state index in [4.69, 9.17) is 4.98 Å². The van der Waals surface area contributed by atoms with E-state index in [1.807, 2.05) is 74.0 Å². The Bertz CT molecular complexity index is 1290. The predicted octanol–water partition coefficient (Wildman–Crippen LogP) is 3.63. The molecule has 7 heteroatoms. The van der Waals surface area contributed by atoms with E-state index in [2.05, 4.69) is 10.3 Å². The molecule has 152 valence electrons. The summed E-state index contributed by atoms with van der Waals surface area (Å²) in [5, 5.41) is 2.91. The summed E-state index contributed by atoms with van der Waals surface area (Å²) in [4.78, 5) is 33.9. The number of aryl methyl sites for hydroxylation is 1. The topological polar surface area (TPSA) is 81.3 Å². The third-order valence-corrected chi connectivity index (χ3v) is 4.96. The van der Waals surface area contributed by atoms with Crippen molar-refractivity contribution < 1.29 is 4.79 Å². The summed E-state index contributed by atoms with van der Waals surface area (Å²) in [7, 11) is 0. The lowest BCUT2D eigenvalue weighted by Crippen LogP contribution is -2.28. The molecule has 1 aromatic carbocycles. The van der Waals surface area contributed by atoms with E-state index < -0.39 is 0 Å². The first kappa shape index (κ1) is 19.6. The van der Waals surface area contributed by atoms with Crippen LogP contribution in [0.4, 0.5) is 5.69 Å². The number of imidazole rings is 1. The van der Waals surface area contributed by atoms with Crippen molar-refractivity contribution in [1.29, 1.82) is 0 Å². The Morgan fingerprint density at radius 2 is 1.97 bits per heavy atom. The van der Waals surface area contributed by atoms with Gasteiger partial charge in [-0.25, -0.2) is 9.97 Å². The van der Waals surface area contributed by atoms with E-state index in [1.165, 1.54) is 17.0 Å². The van der Waals surface area contributed by atoms with Gasteiger partial charge in [0.05, 0.1) is 23.4 Å². The van der Waals surface area contributed by atoms with Gasteiger partial charge < -0.3 is 9.72 Å². The van der Waals surface area contributed by atoms with Crippen LogP contribution in [0.5, 0.6) is 0 Å². The first-order valence-electron chi connectivity index (χ1n) is 9.82. The number of hydrogen-bond acceptors (Lipinski definition) is 4. The predicted molar refractivity (Wildman–Crippen MR) is 117 cm³/mol. The fourth-order valence-corrected chi connectivity index (χ4v) is 3.32. The van der Waals surface area contributed by atoms with Crippen molar-refractivity contribution >= 4 is 17.2 Å². The fraction of sp³-hybridized carbons (Fsp3) is 0.217. The Morgan fingerprint density at radius 3 is 2.70 bits per heavy atom. The van der Waals surface area contributed by atoms with Crippen molar-refractivity contribution in [2.75, 3.05) is 5.32 Å². The zero-order valence-electron chi connectivity index (χ0n) is 17.2. The lowest BCUT2D eigenvalue weighted by Gasteiger charge is -2.11. The standard InChI is InChI=1S/C23H23N5O2/c1-15(2)19-11-22(30)28(14-24-19)13-21(29)25-18-9-5-4-8-17(18)20-12-27-10-6-7-16(3)23(27)26-20/h4-12,14-15H,13H2,1-3H3,(H,25,29). The molecule has 0 aliphatic carbocycles. The van der Waals surface area contributed by atoms with Gasteiger partial charge in [-0.15, -0.1) is 0 Å². The van der Waals surface area contributed by atoms with Crippen LogP contribution in [0.3, 0.4) is 0 Å². The number of carbonyl (C=O) groups excluding carboxylic acids is 1. The molecule has 0 saturated carbocycles. The number of pyridine rings is 1. The Morgan fingerprint density at radius 1 is 1.17 bits per heavy atom. The minimum absolute atomic E-state index is 0.108.